The molecule has 1 aromatic carbocycles. The summed E-state index contributed by atoms with van der Waals surface area (Å²) in [6, 6.07) is 9.62. The minimum Gasteiger partial charge on any atom is -0.354 e. The van der Waals surface area contributed by atoms with Crippen LogP contribution in [0.2, 0.25) is 0 Å². The van der Waals surface area contributed by atoms with Crippen molar-refractivity contribution in [1.82, 2.24) is 10.2 Å². The highest BCUT2D eigenvalue weighted by Crippen LogP contribution is 2.16. The van der Waals surface area contributed by atoms with Crippen molar-refractivity contribution in [2.24, 2.45) is 5.73 Å². The van der Waals surface area contributed by atoms with Crippen LogP contribution >= 0.6 is 0 Å². The maximum atomic E-state index is 12.0. The van der Waals surface area contributed by atoms with E-state index in [2.05, 4.69) is 17.1 Å². The summed E-state index contributed by atoms with van der Waals surface area (Å²) in [7, 11) is 0. The Morgan fingerprint density at radius 1 is 1.38 bits per heavy atom. The predicted molar refractivity (Wildman–Crippen MR) is 85.9 cm³/mol. The number of amides is 1. The van der Waals surface area contributed by atoms with Crippen LogP contribution < -0.4 is 11.1 Å². The van der Waals surface area contributed by atoms with Crippen LogP contribution in [0.5, 0.6) is 0 Å². The summed E-state index contributed by atoms with van der Waals surface area (Å²) < 4.78 is 0. The van der Waals surface area contributed by atoms with Crippen molar-refractivity contribution in [2.45, 2.75) is 44.7 Å². The number of piperidine rings is 1. The molecule has 1 aromatic rings. The van der Waals surface area contributed by atoms with Gasteiger partial charge in [0.15, 0.2) is 0 Å². The van der Waals surface area contributed by atoms with Crippen molar-refractivity contribution in [2.75, 3.05) is 19.6 Å². The van der Waals surface area contributed by atoms with E-state index in [-0.39, 0.29) is 5.91 Å². The molecule has 4 nitrogen and oxygen atoms in total. The van der Waals surface area contributed by atoms with Crippen LogP contribution in [0.4, 0.5) is 0 Å². The molecule has 0 spiro atoms. The summed E-state index contributed by atoms with van der Waals surface area (Å²) in [6.07, 6.45) is 4.93. The first-order valence-electron chi connectivity index (χ1n) is 8.01. The molecule has 0 bridgehead atoms. The van der Waals surface area contributed by atoms with Crippen molar-refractivity contribution in [3.8, 4) is 0 Å². The number of hydrogen-bond donors (Lipinski definition) is 2. The highest BCUT2D eigenvalue weighted by atomic mass is 16.2. The van der Waals surface area contributed by atoms with Crippen molar-refractivity contribution in [3.63, 3.8) is 0 Å². The molecule has 0 aliphatic carbocycles. The van der Waals surface area contributed by atoms with Crippen molar-refractivity contribution < 1.29 is 4.79 Å². The normalized spacial score (nSPS) is 21.0. The maximum Gasteiger partial charge on any atom is 0.241 e. The molecule has 1 unspecified atom stereocenters. The summed E-state index contributed by atoms with van der Waals surface area (Å²) in [4.78, 5) is 14.5. The minimum atomic E-state index is -0.569. The van der Waals surface area contributed by atoms with Gasteiger partial charge in [0.25, 0.3) is 0 Å². The smallest absolute Gasteiger partial charge is 0.241 e. The second kappa shape index (κ2) is 8.15. The molecule has 1 heterocycles. The highest BCUT2D eigenvalue weighted by molar-refractivity contribution is 5.82. The van der Waals surface area contributed by atoms with Gasteiger partial charge in [-0.2, -0.15) is 0 Å². The standard InChI is InChI=1S/C17H27N3O/c1-14-8-5-6-12-20(14)13-7-11-19-17(21)16(18)15-9-3-2-4-10-15/h2-4,9-10,14,16H,5-8,11-13,18H2,1H3,(H,19,21)/t14?,16-/m0/s1. The largest absolute Gasteiger partial charge is 0.354 e. The molecule has 1 aliphatic rings. The Hall–Kier alpha value is -1.39. The van der Waals surface area contributed by atoms with E-state index in [0.29, 0.717) is 12.6 Å². The first-order valence-corrected chi connectivity index (χ1v) is 8.01. The number of likely N-dealkylation sites (tertiary alicyclic amines) is 1. The van der Waals surface area contributed by atoms with E-state index >= 15 is 0 Å². The van der Waals surface area contributed by atoms with Crippen LogP contribution in [0.1, 0.15) is 44.2 Å². The predicted octanol–water partition coefficient (Wildman–Crippen LogP) is 2.07. The zero-order chi connectivity index (χ0) is 15.1. The molecule has 116 valence electrons. The van der Waals surface area contributed by atoms with E-state index in [1.807, 2.05) is 30.3 Å². The molecule has 0 aromatic heterocycles. The van der Waals surface area contributed by atoms with Gasteiger partial charge in [-0.05, 0) is 38.3 Å². The summed E-state index contributed by atoms with van der Waals surface area (Å²) in [5.74, 6) is -0.0899. The van der Waals surface area contributed by atoms with Gasteiger partial charge in [-0.1, -0.05) is 36.8 Å². The average Bonchev–Trinajstić information content (AvgIpc) is 2.53. The quantitative estimate of drug-likeness (QED) is 0.788. The minimum absolute atomic E-state index is 0.0899. The zero-order valence-corrected chi connectivity index (χ0v) is 12.9. The van der Waals surface area contributed by atoms with Gasteiger partial charge >= 0.3 is 0 Å². The first-order chi connectivity index (χ1) is 10.2. The number of benzene rings is 1. The van der Waals surface area contributed by atoms with E-state index in [0.717, 1.165) is 18.5 Å². The number of carbonyl (C=O) groups excluding carboxylic acids is 1. The SMILES string of the molecule is CC1CCCCN1CCCNC(=O)[C@@H](N)c1ccccc1. The van der Waals surface area contributed by atoms with Crippen LogP contribution in [0.25, 0.3) is 0 Å². The topological polar surface area (TPSA) is 58.4 Å². The van der Waals surface area contributed by atoms with E-state index in [1.54, 1.807) is 0 Å². The Bertz CT molecular complexity index is 435. The van der Waals surface area contributed by atoms with Crippen LogP contribution in [0, 0.1) is 0 Å². The van der Waals surface area contributed by atoms with Gasteiger partial charge in [0, 0.05) is 19.1 Å². The van der Waals surface area contributed by atoms with E-state index in [9.17, 15) is 4.79 Å². The first kappa shape index (κ1) is 16.0. The Morgan fingerprint density at radius 3 is 2.86 bits per heavy atom. The van der Waals surface area contributed by atoms with Crippen molar-refractivity contribution >= 4 is 5.91 Å². The fourth-order valence-corrected chi connectivity index (χ4v) is 2.91. The third-order valence-electron chi connectivity index (χ3n) is 4.30. The Labute approximate surface area is 127 Å². The molecule has 1 amide bonds. The summed E-state index contributed by atoms with van der Waals surface area (Å²) in [5, 5.41) is 2.94. The van der Waals surface area contributed by atoms with Gasteiger partial charge < -0.3 is 16.0 Å². The number of nitrogens with two attached hydrogens (primary N) is 1. The molecular weight excluding hydrogens is 262 g/mol. The molecule has 2 atom stereocenters. The number of carbonyl (C=O) groups is 1. The lowest BCUT2D eigenvalue weighted by Crippen LogP contribution is -2.40. The lowest BCUT2D eigenvalue weighted by molar-refractivity contribution is -0.122. The number of nitrogens with zero attached hydrogens (tertiary/aromatic N) is 1. The summed E-state index contributed by atoms with van der Waals surface area (Å²) in [5.41, 5.74) is 6.82. The average molecular weight is 289 g/mol. The molecule has 1 aliphatic heterocycles. The molecule has 2 rings (SSSR count). The van der Waals surface area contributed by atoms with E-state index in [4.69, 9.17) is 5.73 Å². The lowest BCUT2D eigenvalue weighted by atomic mass is 10.0. The molecule has 0 saturated carbocycles. The van der Waals surface area contributed by atoms with Crippen molar-refractivity contribution in [3.05, 3.63) is 35.9 Å². The summed E-state index contributed by atoms with van der Waals surface area (Å²) in [6.45, 7) is 5.24. The van der Waals surface area contributed by atoms with Crippen LogP contribution in [-0.4, -0.2) is 36.5 Å². The number of rotatable bonds is 6. The zero-order valence-electron chi connectivity index (χ0n) is 12.9. The fraction of sp³-hybridized carbons (Fsp3) is 0.588. The lowest BCUT2D eigenvalue weighted by Gasteiger charge is -2.33. The van der Waals surface area contributed by atoms with Crippen LogP contribution in [-0.2, 0) is 4.79 Å². The second-order valence-electron chi connectivity index (χ2n) is 5.91. The van der Waals surface area contributed by atoms with E-state index in [1.165, 1.54) is 25.8 Å². The van der Waals surface area contributed by atoms with Gasteiger partial charge in [-0.15, -0.1) is 0 Å². The highest BCUT2D eigenvalue weighted by Gasteiger charge is 2.18. The number of nitrogens with one attached hydrogen (secondary N) is 1. The Morgan fingerprint density at radius 2 is 2.14 bits per heavy atom. The Balaban J connectivity index is 1.67. The van der Waals surface area contributed by atoms with Gasteiger partial charge in [-0.3, -0.25) is 4.79 Å². The third kappa shape index (κ3) is 4.83. The van der Waals surface area contributed by atoms with Gasteiger partial charge in [-0.25, -0.2) is 0 Å². The van der Waals surface area contributed by atoms with Gasteiger partial charge in [0.05, 0.1) is 0 Å². The van der Waals surface area contributed by atoms with E-state index < -0.39 is 6.04 Å². The Kier molecular flexibility index (Phi) is 6.21. The van der Waals surface area contributed by atoms with Crippen molar-refractivity contribution in [1.29, 1.82) is 0 Å². The molecule has 0 radical (unpaired) electrons. The van der Waals surface area contributed by atoms with Gasteiger partial charge in [0.1, 0.15) is 6.04 Å². The number of hydrogen-bond acceptors (Lipinski definition) is 3. The molecular formula is C17H27N3O. The molecule has 3 N–H and O–H groups in total. The monoisotopic (exact) mass is 289 g/mol. The van der Waals surface area contributed by atoms with Crippen LogP contribution in [0.3, 0.4) is 0 Å². The van der Waals surface area contributed by atoms with Crippen LogP contribution in [0.15, 0.2) is 30.3 Å². The fourth-order valence-electron chi connectivity index (χ4n) is 2.91. The molecule has 1 fully saturated rings. The second-order valence-corrected chi connectivity index (χ2v) is 5.91. The molecule has 21 heavy (non-hydrogen) atoms. The third-order valence-corrected chi connectivity index (χ3v) is 4.30. The summed E-state index contributed by atoms with van der Waals surface area (Å²) >= 11 is 0. The molecule has 1 saturated heterocycles. The molecule has 4 heteroatoms. The van der Waals surface area contributed by atoms with Gasteiger partial charge in [0.2, 0.25) is 5.91 Å². The maximum absolute atomic E-state index is 12.0.